The minimum Gasteiger partial charge on any atom is -0.495 e. The van der Waals surface area contributed by atoms with Crippen LogP contribution >= 0.6 is 0 Å². The van der Waals surface area contributed by atoms with Crippen LogP contribution in [0.3, 0.4) is 0 Å². The quantitative estimate of drug-likeness (QED) is 0.544. The molecule has 1 heterocycles. The Labute approximate surface area is 194 Å². The smallest absolute Gasteiger partial charge is 0.246 e. The van der Waals surface area contributed by atoms with Crippen LogP contribution in [0.15, 0.2) is 41.3 Å². The molecule has 0 unspecified atom stereocenters. The van der Waals surface area contributed by atoms with Crippen molar-refractivity contribution in [3.05, 3.63) is 47.5 Å². The van der Waals surface area contributed by atoms with E-state index in [0.717, 1.165) is 5.56 Å². The molecule has 1 fully saturated rings. The lowest BCUT2D eigenvalue weighted by atomic mass is 10.1. The predicted octanol–water partition coefficient (Wildman–Crippen LogP) is 1.93. The molecule has 1 saturated heterocycles. The van der Waals surface area contributed by atoms with E-state index in [9.17, 15) is 13.2 Å². The third kappa shape index (κ3) is 5.58. The van der Waals surface area contributed by atoms with Crippen molar-refractivity contribution in [2.45, 2.75) is 17.9 Å². The highest BCUT2D eigenvalue weighted by atomic mass is 32.2. The molecule has 2 aromatic rings. The van der Waals surface area contributed by atoms with E-state index < -0.39 is 10.0 Å². The maximum atomic E-state index is 13.2. The van der Waals surface area contributed by atoms with Crippen LogP contribution in [0.1, 0.15) is 11.1 Å². The first-order valence-corrected chi connectivity index (χ1v) is 11.9. The Morgan fingerprint density at radius 1 is 1.03 bits per heavy atom. The van der Waals surface area contributed by atoms with Gasteiger partial charge in [0, 0.05) is 32.2 Å². The number of benzene rings is 2. The molecule has 0 aromatic heterocycles. The minimum atomic E-state index is -3.78. The zero-order valence-electron chi connectivity index (χ0n) is 19.4. The number of sulfonamides is 1. The normalized spacial score (nSPS) is 14.5. The summed E-state index contributed by atoms with van der Waals surface area (Å²) in [5.41, 5.74) is 1.38. The van der Waals surface area contributed by atoms with Crippen molar-refractivity contribution in [1.29, 1.82) is 0 Å². The number of carbonyl (C=O) groups is 1. The fourth-order valence-corrected chi connectivity index (χ4v) is 5.30. The van der Waals surface area contributed by atoms with E-state index in [0.29, 0.717) is 36.8 Å². The van der Waals surface area contributed by atoms with Gasteiger partial charge in [0.25, 0.3) is 0 Å². The highest BCUT2D eigenvalue weighted by Crippen LogP contribution is 2.32. The van der Waals surface area contributed by atoms with Crippen molar-refractivity contribution in [1.82, 2.24) is 9.21 Å². The molecule has 3 rings (SSSR count). The predicted molar refractivity (Wildman–Crippen MR) is 122 cm³/mol. The molecule has 0 spiro atoms. The number of methoxy groups -OCH3 is 3. The number of hydrogen-bond donors (Lipinski definition) is 0. The standard InChI is InChI=1S/C23H30N2O7S/c1-24(16-18-6-5-7-20(30-3)23(18)31-4)22(26)15-17-8-9-19(29-2)21(14-17)33(27,28)25-10-12-32-13-11-25/h5-9,14H,10-13,15-16H2,1-4H3. The van der Waals surface area contributed by atoms with Gasteiger partial charge in [-0.15, -0.1) is 0 Å². The van der Waals surface area contributed by atoms with Gasteiger partial charge in [-0.1, -0.05) is 18.2 Å². The molecular weight excluding hydrogens is 448 g/mol. The number of morpholine rings is 1. The average Bonchev–Trinajstić information content (AvgIpc) is 2.84. The summed E-state index contributed by atoms with van der Waals surface area (Å²) in [6.45, 7) is 1.56. The molecule has 0 bridgehead atoms. The van der Waals surface area contributed by atoms with Gasteiger partial charge in [0.2, 0.25) is 15.9 Å². The molecule has 0 atom stereocenters. The SMILES string of the molecule is COc1ccc(CC(=O)N(C)Cc2cccc(OC)c2OC)cc1S(=O)(=O)N1CCOCC1. The van der Waals surface area contributed by atoms with E-state index in [1.807, 2.05) is 12.1 Å². The van der Waals surface area contributed by atoms with Crippen molar-refractivity contribution in [3.8, 4) is 17.2 Å². The number of carbonyl (C=O) groups excluding carboxylic acids is 1. The summed E-state index contributed by atoms with van der Waals surface area (Å²) in [6.07, 6.45) is 0.0401. The van der Waals surface area contributed by atoms with Crippen LogP contribution in [-0.4, -0.2) is 78.2 Å². The zero-order chi connectivity index (χ0) is 24.0. The monoisotopic (exact) mass is 478 g/mol. The lowest BCUT2D eigenvalue weighted by Gasteiger charge is -2.27. The summed E-state index contributed by atoms with van der Waals surface area (Å²) < 4.78 is 49.1. The molecular formula is C23H30N2O7S. The summed E-state index contributed by atoms with van der Waals surface area (Å²) in [7, 11) is 2.45. The number of nitrogens with zero attached hydrogens (tertiary/aromatic N) is 2. The molecule has 0 aliphatic carbocycles. The van der Waals surface area contributed by atoms with Crippen LogP contribution in [0.4, 0.5) is 0 Å². The van der Waals surface area contributed by atoms with Crippen molar-refractivity contribution >= 4 is 15.9 Å². The Kier molecular flexibility index (Phi) is 8.17. The van der Waals surface area contributed by atoms with Gasteiger partial charge in [-0.2, -0.15) is 4.31 Å². The Bertz CT molecular complexity index is 1080. The van der Waals surface area contributed by atoms with Crippen LogP contribution in [0, 0.1) is 0 Å². The maximum absolute atomic E-state index is 13.2. The summed E-state index contributed by atoms with van der Waals surface area (Å²) in [5.74, 6) is 1.24. The second-order valence-corrected chi connectivity index (χ2v) is 9.49. The van der Waals surface area contributed by atoms with Crippen molar-refractivity contribution in [2.75, 3.05) is 54.7 Å². The molecule has 33 heavy (non-hydrogen) atoms. The minimum absolute atomic E-state index is 0.0401. The van der Waals surface area contributed by atoms with Gasteiger partial charge in [0.1, 0.15) is 10.6 Å². The van der Waals surface area contributed by atoms with E-state index in [1.165, 1.54) is 17.5 Å². The summed E-state index contributed by atoms with van der Waals surface area (Å²) >= 11 is 0. The van der Waals surface area contributed by atoms with Crippen LogP contribution in [0.25, 0.3) is 0 Å². The van der Waals surface area contributed by atoms with Crippen molar-refractivity contribution in [3.63, 3.8) is 0 Å². The molecule has 10 heteroatoms. The van der Waals surface area contributed by atoms with E-state index in [4.69, 9.17) is 18.9 Å². The maximum Gasteiger partial charge on any atom is 0.246 e. The van der Waals surface area contributed by atoms with Crippen LogP contribution < -0.4 is 14.2 Å². The Morgan fingerprint density at radius 2 is 1.73 bits per heavy atom. The van der Waals surface area contributed by atoms with Gasteiger partial charge in [-0.3, -0.25) is 4.79 Å². The Morgan fingerprint density at radius 3 is 2.36 bits per heavy atom. The van der Waals surface area contributed by atoms with Gasteiger partial charge in [-0.05, 0) is 23.8 Å². The zero-order valence-corrected chi connectivity index (χ0v) is 20.2. The van der Waals surface area contributed by atoms with Crippen molar-refractivity contribution in [2.24, 2.45) is 0 Å². The molecule has 1 amide bonds. The molecule has 0 N–H and O–H groups in total. The lowest BCUT2D eigenvalue weighted by Crippen LogP contribution is -2.40. The van der Waals surface area contributed by atoms with E-state index in [1.54, 1.807) is 44.4 Å². The molecule has 0 saturated carbocycles. The number of ether oxygens (including phenoxy) is 4. The third-order valence-corrected chi connectivity index (χ3v) is 7.41. The number of rotatable bonds is 9. The van der Waals surface area contributed by atoms with Crippen LogP contribution in [0.5, 0.6) is 17.2 Å². The highest BCUT2D eigenvalue weighted by Gasteiger charge is 2.29. The molecule has 1 aliphatic heterocycles. The van der Waals surface area contributed by atoms with Crippen LogP contribution in [0.2, 0.25) is 0 Å². The van der Waals surface area contributed by atoms with Gasteiger partial charge in [-0.25, -0.2) is 8.42 Å². The van der Waals surface area contributed by atoms with Crippen LogP contribution in [-0.2, 0) is 32.5 Å². The van der Waals surface area contributed by atoms with Gasteiger partial charge in [0.05, 0.1) is 41.0 Å². The second-order valence-electron chi connectivity index (χ2n) is 7.58. The Balaban J connectivity index is 1.79. The molecule has 1 aliphatic rings. The molecule has 0 radical (unpaired) electrons. The molecule has 180 valence electrons. The summed E-state index contributed by atoms with van der Waals surface area (Å²) in [4.78, 5) is 14.6. The first-order valence-electron chi connectivity index (χ1n) is 10.5. The van der Waals surface area contributed by atoms with E-state index >= 15 is 0 Å². The summed E-state index contributed by atoms with van der Waals surface area (Å²) in [5, 5.41) is 0. The number of amides is 1. The number of hydrogen-bond acceptors (Lipinski definition) is 7. The van der Waals surface area contributed by atoms with Gasteiger partial charge in [0.15, 0.2) is 11.5 Å². The largest absolute Gasteiger partial charge is 0.495 e. The molecule has 9 nitrogen and oxygen atoms in total. The fourth-order valence-electron chi connectivity index (χ4n) is 3.69. The first-order chi connectivity index (χ1) is 15.8. The second kappa shape index (κ2) is 10.9. The van der Waals surface area contributed by atoms with Gasteiger partial charge >= 0.3 is 0 Å². The summed E-state index contributed by atoms with van der Waals surface area (Å²) in [6, 6.07) is 10.3. The van der Waals surface area contributed by atoms with Gasteiger partial charge < -0.3 is 23.8 Å². The third-order valence-electron chi connectivity index (χ3n) is 5.49. The van der Waals surface area contributed by atoms with Crippen molar-refractivity contribution < 1.29 is 32.2 Å². The first kappa shape index (κ1) is 24.8. The topological polar surface area (TPSA) is 94.6 Å². The number of para-hydroxylation sites is 1. The van der Waals surface area contributed by atoms with E-state index in [2.05, 4.69) is 0 Å². The fraction of sp³-hybridized carbons (Fsp3) is 0.435. The number of likely N-dealkylation sites (N-methyl/N-ethyl adjacent to an activating group) is 1. The van der Waals surface area contributed by atoms with E-state index in [-0.39, 0.29) is 36.1 Å². The Hall–Kier alpha value is -2.82. The highest BCUT2D eigenvalue weighted by molar-refractivity contribution is 7.89. The average molecular weight is 479 g/mol. The molecule has 2 aromatic carbocycles. The lowest BCUT2D eigenvalue weighted by molar-refractivity contribution is -0.129.